The molecule has 0 atom stereocenters. The van der Waals surface area contributed by atoms with Crippen LogP contribution in [-0.2, 0) is 13.5 Å². The van der Waals surface area contributed by atoms with Gasteiger partial charge in [-0.05, 0) is 24.6 Å². The Bertz CT molecular complexity index is 677. The molecule has 0 radical (unpaired) electrons. The van der Waals surface area contributed by atoms with Gasteiger partial charge in [0.15, 0.2) is 0 Å². The maximum Gasteiger partial charge on any atom is 0.255 e. The van der Waals surface area contributed by atoms with Crippen molar-refractivity contribution in [2.45, 2.75) is 13.3 Å². The number of rotatable bonds is 3. The number of hydrogen-bond donors (Lipinski definition) is 3. The van der Waals surface area contributed by atoms with E-state index in [0.29, 0.717) is 5.56 Å². The molecule has 110 valence electrons. The number of fused-ring (bicyclic) bond motifs is 1. The van der Waals surface area contributed by atoms with Crippen LogP contribution in [0.15, 0.2) is 24.4 Å². The third kappa shape index (κ3) is 2.69. The third-order valence-electron chi connectivity index (χ3n) is 3.53. The largest absolute Gasteiger partial charge is 0.382 e. The zero-order valence-corrected chi connectivity index (χ0v) is 12.2. The Morgan fingerprint density at radius 2 is 2.10 bits per heavy atom. The first-order valence-electron chi connectivity index (χ1n) is 7.13. The summed E-state index contributed by atoms with van der Waals surface area (Å²) >= 11 is 0. The summed E-state index contributed by atoms with van der Waals surface area (Å²) in [6, 6.07) is 5.63. The topological polar surface area (TPSA) is 71.0 Å². The summed E-state index contributed by atoms with van der Waals surface area (Å²) in [7, 11) is 1.85. The van der Waals surface area contributed by atoms with Crippen LogP contribution in [0.3, 0.4) is 0 Å². The molecule has 0 saturated heterocycles. The summed E-state index contributed by atoms with van der Waals surface area (Å²) in [4.78, 5) is 12.4. The van der Waals surface area contributed by atoms with Gasteiger partial charge in [-0.3, -0.25) is 9.48 Å². The van der Waals surface area contributed by atoms with Crippen molar-refractivity contribution in [2.24, 2.45) is 7.05 Å². The molecule has 6 nitrogen and oxygen atoms in total. The monoisotopic (exact) mass is 285 g/mol. The van der Waals surface area contributed by atoms with Crippen molar-refractivity contribution in [2.75, 3.05) is 29.0 Å². The van der Waals surface area contributed by atoms with Crippen molar-refractivity contribution in [1.82, 2.24) is 9.78 Å². The molecule has 0 aliphatic carbocycles. The minimum Gasteiger partial charge on any atom is -0.382 e. The van der Waals surface area contributed by atoms with Gasteiger partial charge in [0.25, 0.3) is 5.91 Å². The SMILES string of the molecule is CCc1nn(C)cc1NC(=O)c1ccc2c(c1)NCCN2. The fraction of sp³-hybridized carbons (Fsp3) is 0.333. The maximum atomic E-state index is 12.4. The van der Waals surface area contributed by atoms with E-state index in [1.165, 1.54) is 0 Å². The number of benzene rings is 1. The smallest absolute Gasteiger partial charge is 0.255 e. The first-order chi connectivity index (χ1) is 10.2. The van der Waals surface area contributed by atoms with Crippen LogP contribution < -0.4 is 16.0 Å². The average Bonchev–Trinajstić information content (AvgIpc) is 2.86. The lowest BCUT2D eigenvalue weighted by atomic mass is 10.1. The molecule has 3 rings (SSSR count). The average molecular weight is 285 g/mol. The van der Waals surface area contributed by atoms with Gasteiger partial charge in [-0.25, -0.2) is 0 Å². The van der Waals surface area contributed by atoms with Crippen LogP contribution in [-0.4, -0.2) is 28.8 Å². The normalized spacial score (nSPS) is 13.0. The molecular formula is C15H19N5O. The summed E-state index contributed by atoms with van der Waals surface area (Å²) in [5.41, 5.74) is 4.30. The van der Waals surface area contributed by atoms with Gasteiger partial charge in [0.1, 0.15) is 0 Å². The molecule has 1 aliphatic heterocycles. The molecule has 0 fully saturated rings. The van der Waals surface area contributed by atoms with E-state index in [2.05, 4.69) is 21.0 Å². The minimum atomic E-state index is -0.118. The van der Waals surface area contributed by atoms with E-state index >= 15 is 0 Å². The molecule has 1 aromatic carbocycles. The van der Waals surface area contributed by atoms with E-state index < -0.39 is 0 Å². The highest BCUT2D eigenvalue weighted by atomic mass is 16.1. The van der Waals surface area contributed by atoms with Crippen LogP contribution in [0.1, 0.15) is 23.0 Å². The van der Waals surface area contributed by atoms with E-state index in [0.717, 1.165) is 42.3 Å². The van der Waals surface area contributed by atoms with Crippen molar-refractivity contribution in [1.29, 1.82) is 0 Å². The molecule has 0 unspecified atom stereocenters. The number of aryl methyl sites for hydroxylation is 2. The van der Waals surface area contributed by atoms with Gasteiger partial charge in [0, 0.05) is 31.9 Å². The Labute approximate surface area is 123 Å². The molecule has 1 aliphatic rings. The maximum absolute atomic E-state index is 12.4. The van der Waals surface area contributed by atoms with Gasteiger partial charge >= 0.3 is 0 Å². The van der Waals surface area contributed by atoms with Crippen LogP contribution in [0.4, 0.5) is 17.1 Å². The van der Waals surface area contributed by atoms with Crippen molar-refractivity contribution in [3.8, 4) is 0 Å². The number of amides is 1. The van der Waals surface area contributed by atoms with Gasteiger partial charge in [0.05, 0.1) is 22.8 Å². The van der Waals surface area contributed by atoms with Gasteiger partial charge < -0.3 is 16.0 Å². The number of nitrogens with zero attached hydrogens (tertiary/aromatic N) is 2. The highest BCUT2D eigenvalue weighted by molar-refractivity contribution is 6.05. The molecule has 0 saturated carbocycles. The number of carbonyl (C=O) groups excluding carboxylic acids is 1. The molecule has 2 aromatic rings. The fourth-order valence-corrected chi connectivity index (χ4v) is 2.47. The Morgan fingerprint density at radius 1 is 1.33 bits per heavy atom. The Kier molecular flexibility index (Phi) is 3.51. The third-order valence-corrected chi connectivity index (χ3v) is 3.53. The zero-order valence-electron chi connectivity index (χ0n) is 12.2. The zero-order chi connectivity index (χ0) is 14.8. The first-order valence-corrected chi connectivity index (χ1v) is 7.13. The minimum absolute atomic E-state index is 0.118. The summed E-state index contributed by atoms with van der Waals surface area (Å²) < 4.78 is 1.72. The molecule has 1 aromatic heterocycles. The number of carbonyl (C=O) groups is 1. The number of hydrogen-bond acceptors (Lipinski definition) is 4. The van der Waals surface area contributed by atoms with Gasteiger partial charge in [-0.2, -0.15) is 5.10 Å². The lowest BCUT2D eigenvalue weighted by Gasteiger charge is -2.20. The predicted octanol–water partition coefficient (Wildman–Crippen LogP) is 2.07. The molecule has 6 heteroatoms. The molecule has 0 bridgehead atoms. The quantitative estimate of drug-likeness (QED) is 0.807. The number of aromatic nitrogens is 2. The lowest BCUT2D eigenvalue weighted by Crippen LogP contribution is -2.21. The van der Waals surface area contributed by atoms with E-state index in [1.807, 2.05) is 38.4 Å². The Morgan fingerprint density at radius 3 is 2.86 bits per heavy atom. The van der Waals surface area contributed by atoms with Gasteiger partial charge in [-0.1, -0.05) is 6.92 Å². The van der Waals surface area contributed by atoms with E-state index in [-0.39, 0.29) is 5.91 Å². The molecule has 21 heavy (non-hydrogen) atoms. The van der Waals surface area contributed by atoms with E-state index in [1.54, 1.807) is 4.68 Å². The van der Waals surface area contributed by atoms with Crippen LogP contribution in [0.2, 0.25) is 0 Å². The van der Waals surface area contributed by atoms with Gasteiger partial charge in [0.2, 0.25) is 0 Å². The summed E-state index contributed by atoms with van der Waals surface area (Å²) in [5, 5.41) is 13.8. The van der Waals surface area contributed by atoms with E-state index in [4.69, 9.17) is 0 Å². The fourth-order valence-electron chi connectivity index (χ4n) is 2.47. The Hall–Kier alpha value is -2.50. The second kappa shape index (κ2) is 5.47. The summed E-state index contributed by atoms with van der Waals surface area (Å²) in [6.07, 6.45) is 2.61. The Balaban J connectivity index is 1.82. The summed E-state index contributed by atoms with van der Waals surface area (Å²) in [6.45, 7) is 3.78. The van der Waals surface area contributed by atoms with Crippen molar-refractivity contribution in [3.63, 3.8) is 0 Å². The van der Waals surface area contributed by atoms with Crippen molar-refractivity contribution < 1.29 is 4.79 Å². The molecule has 0 spiro atoms. The van der Waals surface area contributed by atoms with Crippen LogP contribution >= 0.6 is 0 Å². The second-order valence-electron chi connectivity index (χ2n) is 5.08. The highest BCUT2D eigenvalue weighted by Gasteiger charge is 2.14. The van der Waals surface area contributed by atoms with Crippen molar-refractivity contribution >= 4 is 23.0 Å². The summed E-state index contributed by atoms with van der Waals surface area (Å²) in [5.74, 6) is -0.118. The van der Waals surface area contributed by atoms with E-state index in [9.17, 15) is 4.79 Å². The lowest BCUT2D eigenvalue weighted by molar-refractivity contribution is 0.102. The van der Waals surface area contributed by atoms with Crippen molar-refractivity contribution in [3.05, 3.63) is 35.7 Å². The second-order valence-corrected chi connectivity index (χ2v) is 5.08. The number of nitrogens with one attached hydrogen (secondary N) is 3. The van der Waals surface area contributed by atoms with Gasteiger partial charge in [-0.15, -0.1) is 0 Å². The predicted molar refractivity (Wildman–Crippen MR) is 84.0 cm³/mol. The standard InChI is InChI=1S/C15H19N5O/c1-3-11-14(9-20(2)19-11)18-15(21)10-4-5-12-13(8-10)17-7-6-16-12/h4-5,8-9,16-17H,3,6-7H2,1-2H3,(H,18,21). The van der Waals surface area contributed by atoms with Crippen LogP contribution in [0.5, 0.6) is 0 Å². The highest BCUT2D eigenvalue weighted by Crippen LogP contribution is 2.26. The molecule has 3 N–H and O–H groups in total. The number of anilines is 3. The van der Waals surface area contributed by atoms with Crippen LogP contribution in [0, 0.1) is 0 Å². The molecule has 2 heterocycles. The first kappa shape index (κ1) is 13.5. The molecule has 1 amide bonds. The molecular weight excluding hydrogens is 266 g/mol. The van der Waals surface area contributed by atoms with Crippen LogP contribution in [0.25, 0.3) is 0 Å².